The first-order chi connectivity index (χ1) is 9.74. The molecule has 2 N–H and O–H groups in total. The van der Waals surface area contributed by atoms with E-state index in [-0.39, 0.29) is 23.3 Å². The molecule has 1 aromatic rings. The molecule has 21 heavy (non-hydrogen) atoms. The molecule has 6 heteroatoms. The van der Waals surface area contributed by atoms with Crippen LogP contribution in [0.2, 0.25) is 0 Å². The minimum atomic E-state index is -0.524. The van der Waals surface area contributed by atoms with Crippen LogP contribution >= 0.6 is 0 Å². The number of nitrogens with one attached hydrogen (secondary N) is 1. The molecule has 1 aliphatic heterocycles. The molecule has 0 radical (unpaired) electrons. The van der Waals surface area contributed by atoms with Crippen LogP contribution in [0.15, 0.2) is 16.9 Å². The van der Waals surface area contributed by atoms with Gasteiger partial charge in [0, 0.05) is 30.8 Å². The number of carbonyl (C=O) groups is 1. The van der Waals surface area contributed by atoms with Gasteiger partial charge in [-0.25, -0.2) is 4.79 Å². The first kappa shape index (κ1) is 15.4. The summed E-state index contributed by atoms with van der Waals surface area (Å²) in [5.74, 6) is -0.0470. The van der Waals surface area contributed by atoms with Gasteiger partial charge in [0.2, 0.25) is 0 Å². The molecule has 0 bridgehead atoms. The summed E-state index contributed by atoms with van der Waals surface area (Å²) >= 11 is 0. The van der Waals surface area contributed by atoms with Crippen molar-refractivity contribution in [1.82, 2.24) is 9.88 Å². The van der Waals surface area contributed by atoms with Gasteiger partial charge in [-0.2, -0.15) is 0 Å². The van der Waals surface area contributed by atoms with Crippen molar-refractivity contribution in [2.45, 2.75) is 45.1 Å². The Bertz CT molecular complexity index is 574. The van der Waals surface area contributed by atoms with Crippen molar-refractivity contribution in [3.8, 4) is 5.75 Å². The van der Waals surface area contributed by atoms with Crippen molar-refractivity contribution >= 4 is 6.09 Å². The number of aromatic nitrogens is 1. The standard InChI is InChI=1S/C15H22N2O4/c1-15(2,3)21-14(20)17-6-4-5-10(9-17)12-7-11(18)8-13(19)16-12/h7-8,10H,4-6,9H2,1-3H3,(H2,16,18,19). The Balaban J connectivity index is 2.10. The van der Waals surface area contributed by atoms with Crippen molar-refractivity contribution < 1.29 is 14.6 Å². The second-order valence-electron chi connectivity index (χ2n) is 6.42. The smallest absolute Gasteiger partial charge is 0.410 e. The lowest BCUT2D eigenvalue weighted by Gasteiger charge is -2.34. The number of rotatable bonds is 1. The molecule has 1 unspecified atom stereocenters. The van der Waals surface area contributed by atoms with Crippen LogP contribution in [0.4, 0.5) is 4.79 Å². The Morgan fingerprint density at radius 1 is 1.43 bits per heavy atom. The van der Waals surface area contributed by atoms with Crippen molar-refractivity contribution in [3.05, 3.63) is 28.2 Å². The predicted octanol–water partition coefficient (Wildman–Crippen LogP) is 2.20. The molecule has 1 atom stereocenters. The third-order valence-corrected chi connectivity index (χ3v) is 3.36. The Morgan fingerprint density at radius 2 is 2.14 bits per heavy atom. The van der Waals surface area contributed by atoms with E-state index < -0.39 is 5.60 Å². The van der Waals surface area contributed by atoms with Crippen molar-refractivity contribution in [2.75, 3.05) is 13.1 Å². The van der Waals surface area contributed by atoms with E-state index in [2.05, 4.69) is 4.98 Å². The highest BCUT2D eigenvalue weighted by molar-refractivity contribution is 5.68. The van der Waals surface area contributed by atoms with Gasteiger partial charge in [0.1, 0.15) is 11.4 Å². The van der Waals surface area contributed by atoms with Crippen LogP contribution in [0.25, 0.3) is 0 Å². The fraction of sp³-hybridized carbons (Fsp3) is 0.600. The number of amides is 1. The summed E-state index contributed by atoms with van der Waals surface area (Å²) in [6, 6.07) is 2.68. The lowest BCUT2D eigenvalue weighted by atomic mass is 9.94. The SMILES string of the molecule is CC(C)(C)OC(=O)N1CCCC(c2cc(O)cc(=O)[nH]2)C1. The number of hydrogen-bond donors (Lipinski definition) is 2. The number of nitrogens with zero attached hydrogens (tertiary/aromatic N) is 1. The Labute approximate surface area is 123 Å². The summed E-state index contributed by atoms with van der Waals surface area (Å²) in [6.07, 6.45) is 1.36. The highest BCUT2D eigenvalue weighted by Crippen LogP contribution is 2.27. The molecule has 0 aliphatic carbocycles. The van der Waals surface area contributed by atoms with E-state index in [1.807, 2.05) is 20.8 Å². The molecule has 2 rings (SSSR count). The average Bonchev–Trinajstić information content (AvgIpc) is 2.36. The fourth-order valence-electron chi connectivity index (χ4n) is 2.49. The zero-order valence-corrected chi connectivity index (χ0v) is 12.7. The summed E-state index contributed by atoms with van der Waals surface area (Å²) in [7, 11) is 0. The average molecular weight is 294 g/mol. The largest absolute Gasteiger partial charge is 0.508 e. The van der Waals surface area contributed by atoms with E-state index in [1.54, 1.807) is 11.0 Å². The third-order valence-electron chi connectivity index (χ3n) is 3.36. The quantitative estimate of drug-likeness (QED) is 0.831. The normalized spacial score (nSPS) is 19.4. The van der Waals surface area contributed by atoms with Crippen LogP contribution in [0, 0.1) is 0 Å². The number of hydrogen-bond acceptors (Lipinski definition) is 4. The molecule has 2 heterocycles. The summed E-state index contributed by atoms with van der Waals surface area (Å²) in [5, 5.41) is 9.53. The molecule has 1 aromatic heterocycles. The van der Waals surface area contributed by atoms with Gasteiger partial charge < -0.3 is 19.7 Å². The number of ether oxygens (including phenoxy) is 1. The van der Waals surface area contributed by atoms with E-state index in [0.29, 0.717) is 18.8 Å². The molecule has 6 nitrogen and oxygen atoms in total. The molecule has 0 saturated carbocycles. The van der Waals surface area contributed by atoms with Crippen molar-refractivity contribution in [3.63, 3.8) is 0 Å². The monoisotopic (exact) mass is 294 g/mol. The maximum atomic E-state index is 12.1. The third kappa shape index (κ3) is 4.24. The molecule has 0 aromatic carbocycles. The van der Waals surface area contributed by atoms with Gasteiger partial charge in [-0.1, -0.05) is 0 Å². The summed E-state index contributed by atoms with van der Waals surface area (Å²) < 4.78 is 5.37. The van der Waals surface area contributed by atoms with Crippen LogP contribution in [-0.4, -0.2) is 39.8 Å². The number of carbonyl (C=O) groups excluding carboxylic acids is 1. The van der Waals surface area contributed by atoms with E-state index in [9.17, 15) is 14.7 Å². The molecule has 1 aliphatic rings. The molecule has 1 amide bonds. The van der Waals surface area contributed by atoms with E-state index >= 15 is 0 Å². The maximum absolute atomic E-state index is 12.1. The minimum Gasteiger partial charge on any atom is -0.508 e. The maximum Gasteiger partial charge on any atom is 0.410 e. The Kier molecular flexibility index (Phi) is 4.25. The van der Waals surface area contributed by atoms with Crippen LogP contribution < -0.4 is 5.56 Å². The van der Waals surface area contributed by atoms with Crippen molar-refractivity contribution in [1.29, 1.82) is 0 Å². The number of aromatic amines is 1. The molecular formula is C15H22N2O4. The zero-order valence-electron chi connectivity index (χ0n) is 12.7. The highest BCUT2D eigenvalue weighted by atomic mass is 16.6. The summed E-state index contributed by atoms with van der Waals surface area (Å²) in [5.41, 5.74) is -0.198. The fourth-order valence-corrected chi connectivity index (χ4v) is 2.49. The van der Waals surface area contributed by atoms with E-state index in [0.717, 1.165) is 18.9 Å². The first-order valence-electron chi connectivity index (χ1n) is 7.16. The van der Waals surface area contributed by atoms with Gasteiger partial charge in [0.05, 0.1) is 0 Å². The number of piperidine rings is 1. The van der Waals surface area contributed by atoms with Crippen LogP contribution in [-0.2, 0) is 4.74 Å². The Morgan fingerprint density at radius 3 is 2.76 bits per heavy atom. The summed E-state index contributed by atoms with van der Waals surface area (Å²) in [6.45, 7) is 6.62. The molecule has 1 saturated heterocycles. The lowest BCUT2D eigenvalue weighted by Crippen LogP contribution is -2.42. The van der Waals surface area contributed by atoms with Gasteiger partial charge in [-0.3, -0.25) is 4.79 Å². The second-order valence-corrected chi connectivity index (χ2v) is 6.42. The lowest BCUT2D eigenvalue weighted by molar-refractivity contribution is 0.0197. The molecular weight excluding hydrogens is 272 g/mol. The Hall–Kier alpha value is -1.98. The second kappa shape index (κ2) is 5.79. The topological polar surface area (TPSA) is 82.6 Å². The number of pyridine rings is 1. The van der Waals surface area contributed by atoms with Gasteiger partial charge >= 0.3 is 6.09 Å². The number of H-pyrrole nitrogens is 1. The molecule has 116 valence electrons. The van der Waals surface area contributed by atoms with Crippen molar-refractivity contribution in [2.24, 2.45) is 0 Å². The summed E-state index contributed by atoms with van der Waals surface area (Å²) in [4.78, 5) is 27.9. The van der Waals surface area contributed by atoms with E-state index in [4.69, 9.17) is 4.74 Å². The van der Waals surface area contributed by atoms with Gasteiger partial charge in [-0.15, -0.1) is 0 Å². The molecule has 1 fully saturated rings. The van der Waals surface area contributed by atoms with Gasteiger partial charge in [0.25, 0.3) is 5.56 Å². The van der Waals surface area contributed by atoms with Gasteiger partial charge in [0.15, 0.2) is 0 Å². The van der Waals surface area contributed by atoms with Crippen LogP contribution in [0.5, 0.6) is 5.75 Å². The number of likely N-dealkylation sites (tertiary alicyclic amines) is 1. The van der Waals surface area contributed by atoms with Crippen LogP contribution in [0.3, 0.4) is 0 Å². The predicted molar refractivity (Wildman–Crippen MR) is 78.5 cm³/mol. The first-order valence-corrected chi connectivity index (χ1v) is 7.16. The zero-order chi connectivity index (χ0) is 15.6. The van der Waals surface area contributed by atoms with Gasteiger partial charge in [-0.05, 0) is 39.7 Å². The highest BCUT2D eigenvalue weighted by Gasteiger charge is 2.28. The van der Waals surface area contributed by atoms with E-state index in [1.165, 1.54) is 0 Å². The minimum absolute atomic E-state index is 0.00562. The van der Waals surface area contributed by atoms with Crippen LogP contribution in [0.1, 0.15) is 45.2 Å². The molecule has 0 spiro atoms. The number of aromatic hydroxyl groups is 1.